The molecule has 0 spiro atoms. The number of halogens is 2. The molecule has 0 fully saturated rings. The minimum Gasteiger partial charge on any atom is -0.335 e. The number of imidazole rings is 1. The zero-order chi connectivity index (χ0) is 11.5. The van der Waals surface area contributed by atoms with Crippen LogP contribution in [-0.4, -0.2) is 19.5 Å². The number of hydrogen-bond donors (Lipinski definition) is 0. The van der Waals surface area contributed by atoms with Crippen LogP contribution in [0.1, 0.15) is 18.4 Å². The predicted octanol–water partition coefficient (Wildman–Crippen LogP) is 2.08. The van der Waals surface area contributed by atoms with E-state index < -0.39 is 5.82 Å². The van der Waals surface area contributed by atoms with Gasteiger partial charge in [0, 0.05) is 18.9 Å². The second-order valence-corrected chi connectivity index (χ2v) is 3.58. The third-order valence-electron chi connectivity index (χ3n) is 2.26. The monoisotopic (exact) mass is 240 g/mol. The van der Waals surface area contributed by atoms with Crippen LogP contribution in [0.25, 0.3) is 0 Å². The molecule has 0 N–H and O–H groups in total. The Balaban J connectivity index is 2.30. The van der Waals surface area contributed by atoms with Gasteiger partial charge in [-0.05, 0) is 18.5 Å². The highest BCUT2D eigenvalue weighted by Crippen LogP contribution is 2.11. The maximum atomic E-state index is 13.4. The van der Waals surface area contributed by atoms with Crippen LogP contribution < -0.4 is 0 Å². The summed E-state index contributed by atoms with van der Waals surface area (Å²) >= 11 is 5.61. The molecular weight excluding hydrogens is 231 g/mol. The van der Waals surface area contributed by atoms with Crippen LogP contribution in [-0.2, 0) is 13.0 Å². The molecule has 0 saturated heterocycles. The van der Waals surface area contributed by atoms with Gasteiger partial charge >= 0.3 is 0 Å². The fourth-order valence-corrected chi connectivity index (χ4v) is 1.60. The molecule has 0 aliphatic heterocycles. The molecule has 0 bridgehead atoms. The number of aryl methyl sites for hydroxylation is 1. The predicted molar refractivity (Wildman–Crippen MR) is 57.7 cm³/mol. The van der Waals surface area contributed by atoms with E-state index in [1.165, 1.54) is 0 Å². The zero-order valence-electron chi connectivity index (χ0n) is 8.69. The molecular formula is C10H10ClFN4. The first-order valence-corrected chi connectivity index (χ1v) is 5.25. The molecule has 84 valence electrons. The molecule has 0 aliphatic rings. The molecule has 0 atom stereocenters. The summed E-state index contributed by atoms with van der Waals surface area (Å²) in [4.78, 5) is 11.6. The maximum Gasteiger partial charge on any atom is 0.222 e. The van der Waals surface area contributed by atoms with E-state index in [1.807, 2.05) is 17.7 Å². The highest BCUT2D eigenvalue weighted by Gasteiger charge is 2.10. The molecule has 2 rings (SSSR count). The summed E-state index contributed by atoms with van der Waals surface area (Å²) in [7, 11) is 0. The summed E-state index contributed by atoms with van der Waals surface area (Å²) in [5.41, 5.74) is 0.265. The van der Waals surface area contributed by atoms with Crippen molar-refractivity contribution in [3.63, 3.8) is 0 Å². The zero-order valence-corrected chi connectivity index (χ0v) is 9.45. The van der Waals surface area contributed by atoms with Crippen molar-refractivity contribution in [1.29, 1.82) is 0 Å². The van der Waals surface area contributed by atoms with Crippen molar-refractivity contribution in [1.82, 2.24) is 19.5 Å². The van der Waals surface area contributed by atoms with E-state index in [2.05, 4.69) is 15.0 Å². The Morgan fingerprint density at radius 2 is 2.25 bits per heavy atom. The van der Waals surface area contributed by atoms with E-state index in [9.17, 15) is 4.39 Å². The highest BCUT2D eigenvalue weighted by molar-refractivity contribution is 6.28. The SMILES string of the molecule is CCn1ccnc1Cc1nc(Cl)ncc1F. The molecule has 2 aromatic heterocycles. The van der Waals surface area contributed by atoms with Crippen LogP contribution in [0.15, 0.2) is 18.6 Å². The molecule has 0 radical (unpaired) electrons. The average molecular weight is 241 g/mol. The molecule has 0 unspecified atom stereocenters. The van der Waals surface area contributed by atoms with Crippen LogP contribution in [0, 0.1) is 5.82 Å². The fourth-order valence-electron chi connectivity index (χ4n) is 1.45. The van der Waals surface area contributed by atoms with Gasteiger partial charge in [-0.3, -0.25) is 0 Å². The van der Waals surface area contributed by atoms with Crippen molar-refractivity contribution >= 4 is 11.6 Å². The van der Waals surface area contributed by atoms with Crippen molar-refractivity contribution < 1.29 is 4.39 Å². The number of hydrogen-bond acceptors (Lipinski definition) is 3. The number of aromatic nitrogens is 4. The van der Waals surface area contributed by atoms with Gasteiger partial charge in [0.05, 0.1) is 18.3 Å². The van der Waals surface area contributed by atoms with Crippen molar-refractivity contribution in [2.45, 2.75) is 19.9 Å². The van der Waals surface area contributed by atoms with Gasteiger partial charge in [-0.25, -0.2) is 19.3 Å². The van der Waals surface area contributed by atoms with Crippen LogP contribution in [0.4, 0.5) is 4.39 Å². The fraction of sp³-hybridized carbons (Fsp3) is 0.300. The lowest BCUT2D eigenvalue weighted by atomic mass is 10.3. The van der Waals surface area contributed by atoms with E-state index in [1.54, 1.807) is 6.20 Å². The van der Waals surface area contributed by atoms with Crippen LogP contribution in [0.3, 0.4) is 0 Å². The van der Waals surface area contributed by atoms with E-state index >= 15 is 0 Å². The second-order valence-electron chi connectivity index (χ2n) is 3.24. The normalized spacial score (nSPS) is 10.7. The summed E-state index contributed by atoms with van der Waals surface area (Å²) in [5, 5.41) is 0.0472. The number of rotatable bonds is 3. The van der Waals surface area contributed by atoms with Gasteiger partial charge in [0.25, 0.3) is 0 Å². The first-order chi connectivity index (χ1) is 7.70. The van der Waals surface area contributed by atoms with Gasteiger partial charge in [-0.15, -0.1) is 0 Å². The largest absolute Gasteiger partial charge is 0.335 e. The van der Waals surface area contributed by atoms with Crippen LogP contribution >= 0.6 is 11.6 Å². The van der Waals surface area contributed by atoms with Gasteiger partial charge < -0.3 is 4.57 Å². The quantitative estimate of drug-likeness (QED) is 0.772. The summed E-state index contributed by atoms with van der Waals surface area (Å²) in [6.07, 6.45) is 4.91. The Morgan fingerprint density at radius 3 is 3.00 bits per heavy atom. The molecule has 0 aromatic carbocycles. The number of nitrogens with zero attached hydrogens (tertiary/aromatic N) is 4. The van der Waals surface area contributed by atoms with E-state index in [4.69, 9.17) is 11.6 Å². The lowest BCUT2D eigenvalue weighted by molar-refractivity contribution is 0.589. The molecule has 16 heavy (non-hydrogen) atoms. The van der Waals surface area contributed by atoms with Crippen molar-refractivity contribution in [2.75, 3.05) is 0 Å². The maximum absolute atomic E-state index is 13.4. The Labute approximate surface area is 97.1 Å². The van der Waals surface area contributed by atoms with Gasteiger partial charge in [0.15, 0.2) is 5.82 Å². The minimum atomic E-state index is -0.463. The van der Waals surface area contributed by atoms with Crippen molar-refractivity contribution in [3.05, 3.63) is 41.2 Å². The van der Waals surface area contributed by atoms with Gasteiger partial charge in [0.2, 0.25) is 5.28 Å². The summed E-state index contributed by atoms with van der Waals surface area (Å²) in [6.45, 7) is 2.78. The Bertz CT molecular complexity index is 497. The van der Waals surface area contributed by atoms with E-state index in [-0.39, 0.29) is 11.0 Å². The molecule has 6 heteroatoms. The molecule has 0 amide bonds. The van der Waals surface area contributed by atoms with Crippen LogP contribution in [0.2, 0.25) is 5.28 Å². The van der Waals surface area contributed by atoms with Crippen LogP contribution in [0.5, 0.6) is 0 Å². The van der Waals surface area contributed by atoms with E-state index in [0.29, 0.717) is 6.42 Å². The topological polar surface area (TPSA) is 43.6 Å². The molecule has 2 aromatic rings. The molecule has 2 heterocycles. The minimum absolute atomic E-state index is 0.0472. The molecule has 4 nitrogen and oxygen atoms in total. The Morgan fingerprint density at radius 1 is 1.44 bits per heavy atom. The lowest BCUT2D eigenvalue weighted by Gasteiger charge is -2.04. The average Bonchev–Trinajstić information content (AvgIpc) is 2.71. The second kappa shape index (κ2) is 4.57. The molecule has 0 saturated carbocycles. The first-order valence-electron chi connectivity index (χ1n) is 4.87. The highest BCUT2D eigenvalue weighted by atomic mass is 35.5. The summed E-state index contributed by atoms with van der Waals surface area (Å²) in [6, 6.07) is 0. The Hall–Kier alpha value is -1.49. The third-order valence-corrected chi connectivity index (χ3v) is 2.44. The van der Waals surface area contributed by atoms with Crippen molar-refractivity contribution in [2.24, 2.45) is 0 Å². The molecule has 0 aliphatic carbocycles. The van der Waals surface area contributed by atoms with E-state index in [0.717, 1.165) is 18.6 Å². The summed E-state index contributed by atoms with van der Waals surface area (Å²) < 4.78 is 15.3. The van der Waals surface area contributed by atoms with Gasteiger partial charge in [-0.2, -0.15) is 0 Å². The Kier molecular flexibility index (Phi) is 3.14. The standard InChI is InChI=1S/C10H10ClFN4/c1-2-16-4-3-13-9(16)5-8-7(12)6-14-10(11)15-8/h3-4,6H,2,5H2,1H3. The summed E-state index contributed by atoms with van der Waals surface area (Å²) in [5.74, 6) is 0.297. The lowest BCUT2D eigenvalue weighted by Crippen LogP contribution is -2.05. The van der Waals surface area contributed by atoms with Gasteiger partial charge in [0.1, 0.15) is 5.82 Å². The first kappa shape index (κ1) is 11.0. The van der Waals surface area contributed by atoms with Gasteiger partial charge in [-0.1, -0.05) is 0 Å². The smallest absolute Gasteiger partial charge is 0.222 e. The van der Waals surface area contributed by atoms with Crippen molar-refractivity contribution in [3.8, 4) is 0 Å². The third kappa shape index (κ3) is 2.19.